The number of hydrogen-bond donors (Lipinski definition) is 3. The molecule has 4 aromatic rings. The summed E-state index contributed by atoms with van der Waals surface area (Å²) in [5, 5.41) is 20.8. The van der Waals surface area contributed by atoms with Crippen molar-refractivity contribution >= 4 is 26.7 Å². The number of aromatic hydroxyl groups is 2. The molecule has 2 aromatic heterocycles. The molecule has 1 fully saturated rings. The topological polar surface area (TPSA) is 130 Å². The van der Waals surface area contributed by atoms with Crippen molar-refractivity contribution in [3.05, 3.63) is 88.4 Å². The molecule has 8 nitrogen and oxygen atoms in total. The fraction of sp³-hybridized carbons (Fsp3) is 0.167. The number of pyridine rings is 1. The van der Waals surface area contributed by atoms with Crippen LogP contribution in [0.15, 0.2) is 81.1 Å². The van der Waals surface area contributed by atoms with Crippen molar-refractivity contribution < 1.29 is 23.0 Å². The highest BCUT2D eigenvalue weighted by Gasteiger charge is 2.38. The van der Waals surface area contributed by atoms with Gasteiger partial charge in [0.2, 0.25) is 5.03 Å². The predicted octanol–water partition coefficient (Wildman–Crippen LogP) is 3.94. The minimum absolute atomic E-state index is 0.117. The molecule has 1 aliphatic carbocycles. The average molecular weight is 464 g/mol. The zero-order valence-electron chi connectivity index (χ0n) is 17.3. The van der Waals surface area contributed by atoms with E-state index in [2.05, 4.69) is 9.71 Å². The molecule has 2 heterocycles. The molecule has 2 aromatic carbocycles. The number of para-hydroxylation sites is 1. The van der Waals surface area contributed by atoms with Gasteiger partial charge in [-0.05, 0) is 60.7 Å². The summed E-state index contributed by atoms with van der Waals surface area (Å²) >= 11 is 0. The molecule has 168 valence electrons. The van der Waals surface area contributed by atoms with Crippen LogP contribution in [0.25, 0.3) is 11.0 Å². The van der Waals surface area contributed by atoms with Crippen molar-refractivity contribution in [2.24, 2.45) is 5.92 Å². The minimum atomic E-state index is -4.14. The van der Waals surface area contributed by atoms with Gasteiger partial charge in [-0.2, -0.15) is 8.42 Å². The lowest BCUT2D eigenvalue weighted by atomic mass is 9.86. The Morgan fingerprint density at radius 3 is 2.58 bits per heavy atom. The molecule has 0 radical (unpaired) electrons. The third-order valence-electron chi connectivity index (χ3n) is 5.73. The second-order valence-corrected chi connectivity index (χ2v) is 9.62. The van der Waals surface area contributed by atoms with Gasteiger partial charge in [0.05, 0.1) is 10.9 Å². The van der Waals surface area contributed by atoms with E-state index in [1.165, 1.54) is 18.3 Å². The number of rotatable bonds is 6. The smallest absolute Gasteiger partial charge is 0.343 e. The monoisotopic (exact) mass is 464 g/mol. The Hall–Kier alpha value is -3.85. The van der Waals surface area contributed by atoms with E-state index in [1.807, 2.05) is 0 Å². The van der Waals surface area contributed by atoms with Crippen molar-refractivity contribution in [2.45, 2.75) is 23.8 Å². The number of anilines is 1. The summed E-state index contributed by atoms with van der Waals surface area (Å²) in [7, 11) is -4.14. The number of hydrogen-bond acceptors (Lipinski definition) is 7. The van der Waals surface area contributed by atoms with Crippen LogP contribution < -0.4 is 10.3 Å². The molecule has 9 heteroatoms. The Balaban J connectivity index is 1.57. The summed E-state index contributed by atoms with van der Waals surface area (Å²) in [5.41, 5.74) is 0.759. The van der Waals surface area contributed by atoms with Crippen LogP contribution in [0.1, 0.15) is 29.9 Å². The highest BCUT2D eigenvalue weighted by atomic mass is 32.2. The summed E-state index contributed by atoms with van der Waals surface area (Å²) in [4.78, 5) is 16.6. The fourth-order valence-electron chi connectivity index (χ4n) is 4.11. The van der Waals surface area contributed by atoms with Gasteiger partial charge in [0.1, 0.15) is 11.3 Å². The van der Waals surface area contributed by atoms with E-state index >= 15 is 0 Å². The molecule has 1 unspecified atom stereocenters. The first kappa shape index (κ1) is 21.0. The van der Waals surface area contributed by atoms with Gasteiger partial charge in [-0.25, -0.2) is 9.78 Å². The van der Waals surface area contributed by atoms with Gasteiger partial charge >= 0.3 is 5.63 Å². The second kappa shape index (κ2) is 7.93. The quantitative estimate of drug-likeness (QED) is 0.369. The standard InChI is InChI=1S/C24H20N2O6S/c27-18-8-4-12-25-23(18)33(30,31)26-16-6-3-5-15(13-16)20(14-10-11-14)21-22(28)17-7-1-2-9-19(17)32-24(21)29/h1-9,12-14,20,26-28H,10-11H2. The van der Waals surface area contributed by atoms with Gasteiger partial charge in [0.25, 0.3) is 10.0 Å². The van der Waals surface area contributed by atoms with Crippen molar-refractivity contribution in [3.8, 4) is 11.5 Å². The van der Waals surface area contributed by atoms with E-state index < -0.39 is 32.3 Å². The van der Waals surface area contributed by atoms with Crippen LogP contribution in [-0.2, 0) is 10.0 Å². The van der Waals surface area contributed by atoms with Crippen LogP contribution in [0, 0.1) is 5.92 Å². The number of benzene rings is 2. The normalized spacial score (nSPS) is 14.8. The second-order valence-electron chi connectivity index (χ2n) is 8.02. The molecule has 5 rings (SSSR count). The summed E-state index contributed by atoms with van der Waals surface area (Å²) in [5.74, 6) is -0.927. The molecule has 1 saturated carbocycles. The lowest BCUT2D eigenvalue weighted by Crippen LogP contribution is -2.17. The summed E-state index contributed by atoms with van der Waals surface area (Å²) < 4.78 is 33.4. The maximum absolute atomic E-state index is 12.9. The lowest BCUT2D eigenvalue weighted by molar-refractivity contribution is 0.446. The number of fused-ring (bicyclic) bond motifs is 1. The van der Waals surface area contributed by atoms with E-state index in [0.29, 0.717) is 16.5 Å². The van der Waals surface area contributed by atoms with Crippen molar-refractivity contribution in [2.75, 3.05) is 4.72 Å². The van der Waals surface area contributed by atoms with Crippen molar-refractivity contribution in [3.63, 3.8) is 0 Å². The molecule has 1 atom stereocenters. The number of aromatic nitrogens is 1. The molecule has 1 aliphatic rings. The van der Waals surface area contributed by atoms with Crippen LogP contribution in [0.5, 0.6) is 11.5 Å². The summed E-state index contributed by atoms with van der Waals surface area (Å²) in [6.45, 7) is 0. The molecule has 33 heavy (non-hydrogen) atoms. The van der Waals surface area contributed by atoms with Gasteiger partial charge in [-0.15, -0.1) is 0 Å². The van der Waals surface area contributed by atoms with Crippen LogP contribution in [0.3, 0.4) is 0 Å². The highest BCUT2D eigenvalue weighted by Crippen LogP contribution is 2.49. The van der Waals surface area contributed by atoms with Gasteiger partial charge < -0.3 is 14.6 Å². The van der Waals surface area contributed by atoms with Crippen molar-refractivity contribution in [1.29, 1.82) is 0 Å². The van der Waals surface area contributed by atoms with Gasteiger partial charge in [0, 0.05) is 17.8 Å². The zero-order chi connectivity index (χ0) is 23.2. The predicted molar refractivity (Wildman–Crippen MR) is 122 cm³/mol. The first-order valence-electron chi connectivity index (χ1n) is 10.4. The maximum Gasteiger partial charge on any atom is 0.343 e. The van der Waals surface area contributed by atoms with Crippen LogP contribution >= 0.6 is 0 Å². The number of nitrogens with one attached hydrogen (secondary N) is 1. The third kappa shape index (κ3) is 3.91. The van der Waals surface area contributed by atoms with E-state index in [-0.39, 0.29) is 22.9 Å². The van der Waals surface area contributed by atoms with Crippen molar-refractivity contribution in [1.82, 2.24) is 4.98 Å². The SMILES string of the molecule is O=c1oc2ccccc2c(O)c1C(c1cccc(NS(=O)(=O)c2ncccc2O)c1)C1CC1. The van der Waals surface area contributed by atoms with Crippen LogP contribution in [0.4, 0.5) is 5.69 Å². The van der Waals surface area contributed by atoms with Gasteiger partial charge in [-0.1, -0.05) is 24.3 Å². The lowest BCUT2D eigenvalue weighted by Gasteiger charge is -2.19. The Morgan fingerprint density at radius 2 is 1.82 bits per heavy atom. The molecule has 0 spiro atoms. The number of nitrogens with zero attached hydrogens (tertiary/aromatic N) is 1. The first-order valence-corrected chi connectivity index (χ1v) is 11.8. The molecular formula is C24H20N2O6S. The van der Waals surface area contributed by atoms with E-state index in [1.54, 1.807) is 48.5 Å². The van der Waals surface area contributed by atoms with Crippen LogP contribution in [-0.4, -0.2) is 23.6 Å². The van der Waals surface area contributed by atoms with E-state index in [0.717, 1.165) is 12.8 Å². The van der Waals surface area contributed by atoms with E-state index in [4.69, 9.17) is 4.42 Å². The molecule has 0 bridgehead atoms. The molecule has 3 N–H and O–H groups in total. The summed E-state index contributed by atoms with van der Waals surface area (Å²) in [6.07, 6.45) is 3.01. The first-order chi connectivity index (χ1) is 15.8. The minimum Gasteiger partial charge on any atom is -0.507 e. The van der Waals surface area contributed by atoms with E-state index in [9.17, 15) is 23.4 Å². The largest absolute Gasteiger partial charge is 0.507 e. The Labute approximate surface area is 189 Å². The fourth-order valence-corrected chi connectivity index (χ4v) is 5.19. The molecule has 0 amide bonds. The van der Waals surface area contributed by atoms with Gasteiger partial charge in [0.15, 0.2) is 5.75 Å². The van der Waals surface area contributed by atoms with Crippen LogP contribution in [0.2, 0.25) is 0 Å². The Bertz CT molecular complexity index is 1530. The molecule has 0 aliphatic heterocycles. The maximum atomic E-state index is 12.9. The Morgan fingerprint density at radius 1 is 1.03 bits per heavy atom. The summed E-state index contributed by atoms with van der Waals surface area (Å²) in [6, 6.07) is 16.1. The third-order valence-corrected chi connectivity index (χ3v) is 7.06. The molecule has 0 saturated heterocycles. The Kier molecular flexibility index (Phi) is 5.05. The molecular weight excluding hydrogens is 444 g/mol. The highest BCUT2D eigenvalue weighted by molar-refractivity contribution is 7.92. The van der Waals surface area contributed by atoms with Gasteiger partial charge in [-0.3, -0.25) is 4.72 Å². The average Bonchev–Trinajstić information content (AvgIpc) is 3.62. The zero-order valence-corrected chi connectivity index (χ0v) is 18.1. The number of sulfonamides is 1.